The first kappa shape index (κ1) is 13.8. The van der Waals surface area contributed by atoms with Crippen molar-refractivity contribution in [3.05, 3.63) is 35.6 Å². The van der Waals surface area contributed by atoms with Gasteiger partial charge in [-0.1, -0.05) is 12.1 Å². The van der Waals surface area contributed by atoms with Crippen LogP contribution in [0.15, 0.2) is 29.3 Å². The zero-order valence-corrected chi connectivity index (χ0v) is 11.3. The zero-order chi connectivity index (χ0) is 13.8. The minimum Gasteiger partial charge on any atom is -0.383 e. The van der Waals surface area contributed by atoms with Crippen molar-refractivity contribution in [2.24, 2.45) is 10.7 Å². The molecule has 1 aliphatic carbocycles. The third-order valence-electron chi connectivity index (χ3n) is 3.15. The van der Waals surface area contributed by atoms with E-state index in [4.69, 9.17) is 10.5 Å². The van der Waals surface area contributed by atoms with Crippen LogP contribution in [-0.4, -0.2) is 31.8 Å². The number of rotatable bonds is 5. The number of halogens is 1. The van der Waals surface area contributed by atoms with Gasteiger partial charge in [0.15, 0.2) is 5.96 Å². The Labute approximate surface area is 112 Å². The highest BCUT2D eigenvalue weighted by atomic mass is 19.1. The van der Waals surface area contributed by atoms with Crippen LogP contribution in [0.1, 0.15) is 24.8 Å². The van der Waals surface area contributed by atoms with Crippen LogP contribution in [0.3, 0.4) is 0 Å². The number of nitrogens with zero attached hydrogens (tertiary/aromatic N) is 1. The molecule has 3 N–H and O–H groups in total. The number of nitrogens with one attached hydrogen (secondary N) is 1. The Hall–Kier alpha value is -1.62. The third kappa shape index (κ3) is 3.92. The third-order valence-corrected chi connectivity index (χ3v) is 3.15. The number of guanidine groups is 1. The second kappa shape index (κ2) is 6.02. The Bertz CT molecular complexity index is 464. The lowest BCUT2D eigenvalue weighted by Crippen LogP contribution is -2.40. The van der Waals surface area contributed by atoms with E-state index in [0.29, 0.717) is 12.6 Å². The van der Waals surface area contributed by atoms with Crippen LogP contribution < -0.4 is 11.1 Å². The summed E-state index contributed by atoms with van der Waals surface area (Å²) in [5.74, 6) is 0.508. The first-order valence-electron chi connectivity index (χ1n) is 6.44. The zero-order valence-electron chi connectivity index (χ0n) is 11.3. The smallest absolute Gasteiger partial charge is 0.189 e. The Kier molecular flexibility index (Phi) is 4.37. The van der Waals surface area contributed by atoms with E-state index < -0.39 is 0 Å². The molecule has 3 atom stereocenters. The molecule has 2 rings (SSSR count). The van der Waals surface area contributed by atoms with E-state index in [1.165, 1.54) is 6.07 Å². The maximum absolute atomic E-state index is 13.1. The topological polar surface area (TPSA) is 59.6 Å². The largest absolute Gasteiger partial charge is 0.383 e. The van der Waals surface area contributed by atoms with Gasteiger partial charge in [-0.2, -0.15) is 0 Å². The van der Waals surface area contributed by atoms with Gasteiger partial charge in [-0.15, -0.1) is 0 Å². The highest BCUT2D eigenvalue weighted by Crippen LogP contribution is 2.43. The van der Waals surface area contributed by atoms with Gasteiger partial charge in [0.05, 0.1) is 12.6 Å². The summed E-state index contributed by atoms with van der Waals surface area (Å²) in [5.41, 5.74) is 6.82. The van der Waals surface area contributed by atoms with E-state index in [-0.39, 0.29) is 23.8 Å². The van der Waals surface area contributed by atoms with Gasteiger partial charge < -0.3 is 15.8 Å². The SMILES string of the molecule is COCC(C)NC(N)=NC1CC1c1cccc(F)c1. The summed E-state index contributed by atoms with van der Waals surface area (Å²) in [4.78, 5) is 4.40. The van der Waals surface area contributed by atoms with Gasteiger partial charge in [0.25, 0.3) is 0 Å². The van der Waals surface area contributed by atoms with Gasteiger partial charge in [-0.05, 0) is 31.0 Å². The Morgan fingerprint density at radius 1 is 1.63 bits per heavy atom. The van der Waals surface area contributed by atoms with Crippen molar-refractivity contribution < 1.29 is 9.13 Å². The van der Waals surface area contributed by atoms with Crippen molar-refractivity contribution in [3.8, 4) is 0 Å². The normalized spacial score (nSPS) is 24.1. The van der Waals surface area contributed by atoms with Crippen LogP contribution in [0, 0.1) is 5.82 Å². The fourth-order valence-electron chi connectivity index (χ4n) is 2.18. The molecule has 1 fully saturated rings. The summed E-state index contributed by atoms with van der Waals surface area (Å²) in [5, 5.41) is 3.06. The molecule has 0 saturated heterocycles. The summed E-state index contributed by atoms with van der Waals surface area (Å²) >= 11 is 0. The molecule has 0 aliphatic heterocycles. The Balaban J connectivity index is 1.89. The van der Waals surface area contributed by atoms with E-state index in [1.54, 1.807) is 19.2 Å². The molecule has 3 unspecified atom stereocenters. The molecule has 1 aromatic carbocycles. The van der Waals surface area contributed by atoms with Crippen LogP contribution >= 0.6 is 0 Å². The molecule has 0 spiro atoms. The van der Waals surface area contributed by atoms with E-state index in [9.17, 15) is 4.39 Å². The molecule has 1 saturated carbocycles. The fraction of sp³-hybridized carbons (Fsp3) is 0.500. The van der Waals surface area contributed by atoms with Crippen molar-refractivity contribution in [2.75, 3.05) is 13.7 Å². The molecule has 19 heavy (non-hydrogen) atoms. The predicted octanol–water partition coefficient (Wildman–Crippen LogP) is 1.62. The summed E-state index contributed by atoms with van der Waals surface area (Å²) in [6, 6.07) is 6.96. The van der Waals surface area contributed by atoms with Gasteiger partial charge >= 0.3 is 0 Å². The number of aliphatic imine (C=N–C) groups is 1. The maximum Gasteiger partial charge on any atom is 0.189 e. The number of hydrogen-bond donors (Lipinski definition) is 2. The van der Waals surface area contributed by atoms with Crippen molar-refractivity contribution in [1.82, 2.24) is 5.32 Å². The molecule has 0 bridgehead atoms. The number of nitrogens with two attached hydrogens (primary N) is 1. The summed E-state index contributed by atoms with van der Waals surface area (Å²) in [6.07, 6.45) is 0.921. The van der Waals surface area contributed by atoms with Crippen molar-refractivity contribution in [2.45, 2.75) is 31.3 Å². The molecule has 0 aromatic heterocycles. The lowest BCUT2D eigenvalue weighted by molar-refractivity contribution is 0.179. The Morgan fingerprint density at radius 2 is 2.42 bits per heavy atom. The van der Waals surface area contributed by atoms with Crippen LogP contribution in [-0.2, 0) is 4.74 Å². The number of benzene rings is 1. The lowest BCUT2D eigenvalue weighted by Gasteiger charge is -2.12. The monoisotopic (exact) mass is 265 g/mol. The number of hydrogen-bond acceptors (Lipinski definition) is 2. The van der Waals surface area contributed by atoms with Gasteiger partial charge in [0.2, 0.25) is 0 Å². The van der Waals surface area contributed by atoms with Crippen LogP contribution in [0.2, 0.25) is 0 Å². The minimum absolute atomic E-state index is 0.125. The van der Waals surface area contributed by atoms with Gasteiger partial charge in [0, 0.05) is 19.1 Å². The summed E-state index contributed by atoms with van der Waals surface area (Å²) < 4.78 is 18.1. The summed E-state index contributed by atoms with van der Waals surface area (Å²) in [7, 11) is 1.65. The van der Waals surface area contributed by atoms with Crippen LogP contribution in [0.5, 0.6) is 0 Å². The standard InChI is InChI=1S/C14H20FN3O/c1-9(8-19-2)17-14(16)18-13-7-12(13)10-4-3-5-11(15)6-10/h3-6,9,12-13H,7-8H2,1-2H3,(H3,16,17,18). The quantitative estimate of drug-likeness (QED) is 0.628. The van der Waals surface area contributed by atoms with E-state index in [1.807, 2.05) is 13.0 Å². The van der Waals surface area contributed by atoms with Crippen molar-refractivity contribution >= 4 is 5.96 Å². The first-order chi connectivity index (χ1) is 9.10. The van der Waals surface area contributed by atoms with Gasteiger partial charge in [0.1, 0.15) is 5.82 Å². The van der Waals surface area contributed by atoms with Crippen molar-refractivity contribution in [3.63, 3.8) is 0 Å². The van der Waals surface area contributed by atoms with E-state index in [0.717, 1.165) is 12.0 Å². The average molecular weight is 265 g/mol. The molecular formula is C14H20FN3O. The van der Waals surface area contributed by atoms with Crippen molar-refractivity contribution in [1.29, 1.82) is 0 Å². The molecule has 0 radical (unpaired) electrons. The molecule has 1 aromatic rings. The van der Waals surface area contributed by atoms with E-state index in [2.05, 4.69) is 10.3 Å². The maximum atomic E-state index is 13.1. The summed E-state index contributed by atoms with van der Waals surface area (Å²) in [6.45, 7) is 2.55. The van der Waals surface area contributed by atoms with Crippen LogP contribution in [0.4, 0.5) is 4.39 Å². The van der Waals surface area contributed by atoms with E-state index >= 15 is 0 Å². The highest BCUT2D eigenvalue weighted by molar-refractivity contribution is 5.78. The Morgan fingerprint density at radius 3 is 3.11 bits per heavy atom. The highest BCUT2D eigenvalue weighted by Gasteiger charge is 2.38. The predicted molar refractivity (Wildman–Crippen MR) is 73.6 cm³/mol. The van der Waals surface area contributed by atoms with Gasteiger partial charge in [-0.25, -0.2) is 9.38 Å². The molecule has 4 nitrogen and oxygen atoms in total. The second-order valence-corrected chi connectivity index (χ2v) is 4.98. The minimum atomic E-state index is -0.202. The number of ether oxygens (including phenoxy) is 1. The lowest BCUT2D eigenvalue weighted by atomic mass is 10.1. The molecule has 1 aliphatic rings. The number of methoxy groups -OCH3 is 1. The molecular weight excluding hydrogens is 245 g/mol. The molecule has 0 heterocycles. The van der Waals surface area contributed by atoms with Gasteiger partial charge in [-0.3, -0.25) is 0 Å². The first-order valence-corrected chi connectivity index (χ1v) is 6.44. The average Bonchev–Trinajstić information content (AvgIpc) is 3.08. The molecule has 5 heteroatoms. The second-order valence-electron chi connectivity index (χ2n) is 4.98. The molecule has 0 amide bonds. The van der Waals surface area contributed by atoms with Crippen LogP contribution in [0.25, 0.3) is 0 Å². The molecule has 104 valence electrons. The fourth-order valence-corrected chi connectivity index (χ4v) is 2.18.